The van der Waals surface area contributed by atoms with Crippen LogP contribution in [0.4, 0.5) is 5.69 Å². The van der Waals surface area contributed by atoms with Crippen molar-refractivity contribution in [3.8, 4) is 6.07 Å². The van der Waals surface area contributed by atoms with Gasteiger partial charge in [-0.2, -0.15) is 5.26 Å². The number of nitriles is 1. The molecule has 0 bridgehead atoms. The molecule has 0 spiro atoms. The van der Waals surface area contributed by atoms with E-state index < -0.39 is 0 Å². The van der Waals surface area contributed by atoms with E-state index in [-0.39, 0.29) is 0 Å². The average Bonchev–Trinajstić information content (AvgIpc) is 2.81. The summed E-state index contributed by atoms with van der Waals surface area (Å²) in [7, 11) is 0. The van der Waals surface area contributed by atoms with Gasteiger partial charge in [-0.25, -0.2) is 4.98 Å². The summed E-state index contributed by atoms with van der Waals surface area (Å²) in [4.78, 5) is 4.53. The van der Waals surface area contributed by atoms with Crippen molar-refractivity contribution >= 4 is 11.3 Å². The van der Waals surface area contributed by atoms with Crippen LogP contribution >= 0.6 is 0 Å². The monoisotopic (exact) mass is 262 g/mol. The number of hydrogen-bond acceptors (Lipinski definition) is 3. The molecule has 3 aromatic rings. The molecule has 0 radical (unpaired) electrons. The fourth-order valence-electron chi connectivity index (χ4n) is 2.26. The fourth-order valence-corrected chi connectivity index (χ4v) is 2.26. The predicted molar refractivity (Wildman–Crippen MR) is 78.4 cm³/mol. The number of nitrogens with one attached hydrogen (secondary N) is 1. The van der Waals surface area contributed by atoms with E-state index in [1.54, 1.807) is 6.07 Å². The van der Waals surface area contributed by atoms with Gasteiger partial charge in [-0.15, -0.1) is 0 Å². The number of rotatable bonds is 3. The second-order valence-corrected chi connectivity index (χ2v) is 4.62. The first-order valence-corrected chi connectivity index (χ1v) is 6.44. The van der Waals surface area contributed by atoms with E-state index in [4.69, 9.17) is 5.26 Å². The SMILES string of the molecule is Cc1nc2ccccn2c1CNc1cccc(C#N)c1. The summed E-state index contributed by atoms with van der Waals surface area (Å²) >= 11 is 0. The molecule has 0 aliphatic carbocycles. The van der Waals surface area contributed by atoms with Crippen molar-refractivity contribution in [1.82, 2.24) is 9.38 Å². The molecular formula is C16H14N4. The van der Waals surface area contributed by atoms with Crippen LogP contribution in [0, 0.1) is 18.3 Å². The number of anilines is 1. The first-order valence-electron chi connectivity index (χ1n) is 6.44. The van der Waals surface area contributed by atoms with Gasteiger partial charge in [0.1, 0.15) is 5.65 Å². The van der Waals surface area contributed by atoms with Gasteiger partial charge in [-0.3, -0.25) is 0 Å². The summed E-state index contributed by atoms with van der Waals surface area (Å²) in [6, 6.07) is 15.6. The molecule has 0 aliphatic heterocycles. The van der Waals surface area contributed by atoms with Gasteiger partial charge in [-0.1, -0.05) is 12.1 Å². The van der Waals surface area contributed by atoms with Gasteiger partial charge in [0.25, 0.3) is 0 Å². The first kappa shape index (κ1) is 12.2. The summed E-state index contributed by atoms with van der Waals surface area (Å²) in [6.45, 7) is 2.68. The molecule has 0 amide bonds. The summed E-state index contributed by atoms with van der Waals surface area (Å²) in [5.41, 5.74) is 4.69. The molecule has 0 unspecified atom stereocenters. The van der Waals surface area contributed by atoms with Gasteiger partial charge in [0.05, 0.1) is 29.6 Å². The highest BCUT2D eigenvalue weighted by Gasteiger charge is 2.07. The zero-order chi connectivity index (χ0) is 13.9. The highest BCUT2D eigenvalue weighted by atomic mass is 15.0. The molecule has 3 rings (SSSR count). The third kappa shape index (κ3) is 2.21. The van der Waals surface area contributed by atoms with Gasteiger partial charge in [0.15, 0.2) is 0 Å². The van der Waals surface area contributed by atoms with Crippen molar-refractivity contribution in [2.24, 2.45) is 0 Å². The Morgan fingerprint density at radius 1 is 1.25 bits per heavy atom. The van der Waals surface area contributed by atoms with Crippen LogP contribution in [0.3, 0.4) is 0 Å². The van der Waals surface area contributed by atoms with Crippen LogP contribution in [0.1, 0.15) is 17.0 Å². The highest BCUT2D eigenvalue weighted by Crippen LogP contribution is 2.15. The number of benzene rings is 1. The number of aromatic nitrogens is 2. The van der Waals surface area contributed by atoms with Gasteiger partial charge >= 0.3 is 0 Å². The topological polar surface area (TPSA) is 53.1 Å². The normalized spacial score (nSPS) is 10.4. The Balaban J connectivity index is 1.87. The molecule has 20 heavy (non-hydrogen) atoms. The average molecular weight is 262 g/mol. The van der Waals surface area contributed by atoms with Crippen molar-refractivity contribution in [3.63, 3.8) is 0 Å². The molecule has 0 saturated heterocycles. The Bertz CT molecular complexity index is 796. The zero-order valence-corrected chi connectivity index (χ0v) is 11.2. The van der Waals surface area contributed by atoms with E-state index in [0.717, 1.165) is 22.7 Å². The lowest BCUT2D eigenvalue weighted by Gasteiger charge is -2.07. The molecule has 0 aliphatic rings. The molecule has 4 heteroatoms. The van der Waals surface area contributed by atoms with Crippen molar-refractivity contribution < 1.29 is 0 Å². The molecule has 4 nitrogen and oxygen atoms in total. The number of hydrogen-bond donors (Lipinski definition) is 1. The lowest BCUT2D eigenvalue weighted by molar-refractivity contribution is 0.987. The fraction of sp³-hybridized carbons (Fsp3) is 0.125. The summed E-state index contributed by atoms with van der Waals surface area (Å²) in [5, 5.41) is 12.3. The van der Waals surface area contributed by atoms with E-state index in [2.05, 4.69) is 20.8 Å². The molecule has 0 saturated carbocycles. The van der Waals surface area contributed by atoms with E-state index in [1.807, 2.05) is 49.5 Å². The Kier molecular flexibility index (Phi) is 3.10. The van der Waals surface area contributed by atoms with Crippen LogP contribution in [-0.2, 0) is 6.54 Å². The lowest BCUT2D eigenvalue weighted by Crippen LogP contribution is -2.04. The van der Waals surface area contributed by atoms with Crippen molar-refractivity contribution in [2.45, 2.75) is 13.5 Å². The Labute approximate surface area is 117 Å². The van der Waals surface area contributed by atoms with E-state index in [0.29, 0.717) is 12.1 Å². The minimum absolute atomic E-state index is 0.657. The molecule has 0 atom stereocenters. The van der Waals surface area contributed by atoms with Crippen LogP contribution < -0.4 is 5.32 Å². The lowest BCUT2D eigenvalue weighted by atomic mass is 10.2. The Morgan fingerprint density at radius 3 is 3.00 bits per heavy atom. The van der Waals surface area contributed by atoms with Crippen molar-refractivity contribution in [2.75, 3.05) is 5.32 Å². The molecule has 1 N–H and O–H groups in total. The minimum atomic E-state index is 0.657. The minimum Gasteiger partial charge on any atom is -0.379 e. The smallest absolute Gasteiger partial charge is 0.137 e. The number of imidazole rings is 1. The van der Waals surface area contributed by atoms with Crippen LogP contribution in [0.25, 0.3) is 5.65 Å². The quantitative estimate of drug-likeness (QED) is 0.789. The largest absolute Gasteiger partial charge is 0.379 e. The first-order chi connectivity index (χ1) is 9.78. The highest BCUT2D eigenvalue weighted by molar-refractivity contribution is 5.50. The van der Waals surface area contributed by atoms with Crippen molar-refractivity contribution in [1.29, 1.82) is 5.26 Å². The van der Waals surface area contributed by atoms with Gasteiger partial charge in [-0.05, 0) is 37.3 Å². The van der Waals surface area contributed by atoms with Crippen LogP contribution in [0.5, 0.6) is 0 Å². The molecule has 0 fully saturated rings. The summed E-state index contributed by atoms with van der Waals surface area (Å²) in [5.74, 6) is 0. The number of fused-ring (bicyclic) bond motifs is 1. The maximum Gasteiger partial charge on any atom is 0.137 e. The molecule has 1 aromatic carbocycles. The van der Waals surface area contributed by atoms with Crippen LogP contribution in [0.15, 0.2) is 48.7 Å². The van der Waals surface area contributed by atoms with E-state index in [9.17, 15) is 0 Å². The van der Waals surface area contributed by atoms with Crippen molar-refractivity contribution in [3.05, 3.63) is 65.6 Å². The number of nitrogens with zero attached hydrogens (tertiary/aromatic N) is 3. The van der Waals surface area contributed by atoms with E-state index in [1.165, 1.54) is 0 Å². The molecule has 2 heterocycles. The van der Waals surface area contributed by atoms with Crippen LogP contribution in [0.2, 0.25) is 0 Å². The predicted octanol–water partition coefficient (Wildman–Crippen LogP) is 3.13. The maximum absolute atomic E-state index is 8.91. The second-order valence-electron chi connectivity index (χ2n) is 4.62. The Hall–Kier alpha value is -2.80. The zero-order valence-electron chi connectivity index (χ0n) is 11.2. The Morgan fingerprint density at radius 2 is 2.15 bits per heavy atom. The number of pyridine rings is 1. The maximum atomic E-state index is 8.91. The summed E-state index contributed by atoms with van der Waals surface area (Å²) < 4.78 is 2.08. The van der Waals surface area contributed by atoms with E-state index >= 15 is 0 Å². The standard InChI is InChI=1S/C16H14N4/c1-12-15(20-8-3-2-7-16(20)19-12)11-18-14-6-4-5-13(9-14)10-17/h2-9,18H,11H2,1H3. The summed E-state index contributed by atoms with van der Waals surface area (Å²) in [6.07, 6.45) is 2.01. The molecular weight excluding hydrogens is 248 g/mol. The second kappa shape index (κ2) is 5.06. The third-order valence-electron chi connectivity index (χ3n) is 3.28. The van der Waals surface area contributed by atoms with Gasteiger partial charge < -0.3 is 9.72 Å². The van der Waals surface area contributed by atoms with Gasteiger partial charge in [0, 0.05) is 11.9 Å². The van der Waals surface area contributed by atoms with Crippen LogP contribution in [-0.4, -0.2) is 9.38 Å². The third-order valence-corrected chi connectivity index (χ3v) is 3.28. The van der Waals surface area contributed by atoms with Gasteiger partial charge in [0.2, 0.25) is 0 Å². The molecule has 98 valence electrons. The molecule has 2 aromatic heterocycles. The number of aryl methyl sites for hydroxylation is 1.